The number of aromatic amines is 1. The molecule has 3 heterocycles. The molecule has 0 unspecified atom stereocenters. The molecule has 3 aromatic heterocycles. The fourth-order valence-corrected chi connectivity index (χ4v) is 5.72. The number of aliphatic hydroxyl groups excluding tert-OH is 1. The maximum Gasteiger partial charge on any atom is 0.433 e. The maximum absolute atomic E-state index is 13.9. The van der Waals surface area contributed by atoms with E-state index in [-0.39, 0.29) is 18.2 Å². The molecule has 4 aromatic rings. The van der Waals surface area contributed by atoms with Gasteiger partial charge in [-0.3, -0.25) is 5.10 Å². The number of aryl methyl sites for hydroxylation is 1. The number of aliphatic hydroxyl groups is 1. The Hall–Kier alpha value is -3.31. The first-order valence-electron chi connectivity index (χ1n) is 13.5. The molecule has 0 saturated heterocycles. The molecule has 0 bridgehead atoms. The molecule has 1 fully saturated rings. The van der Waals surface area contributed by atoms with Gasteiger partial charge in [0, 0.05) is 36.5 Å². The second-order valence-corrected chi connectivity index (χ2v) is 10.7. The van der Waals surface area contributed by atoms with Gasteiger partial charge in [-0.25, -0.2) is 4.98 Å². The first kappa shape index (κ1) is 27.3. The number of H-pyrrole nitrogens is 1. The van der Waals surface area contributed by atoms with E-state index in [1.54, 1.807) is 20.2 Å². The van der Waals surface area contributed by atoms with E-state index in [0.29, 0.717) is 22.5 Å². The predicted octanol–water partition coefficient (Wildman–Crippen LogP) is 5.52. The highest BCUT2D eigenvalue weighted by Crippen LogP contribution is 2.41. The van der Waals surface area contributed by atoms with E-state index in [1.165, 1.54) is 19.3 Å². The Labute approximate surface area is 225 Å². The summed E-state index contributed by atoms with van der Waals surface area (Å²) in [5, 5.41) is 29.0. The summed E-state index contributed by atoms with van der Waals surface area (Å²) in [4.78, 5) is 3.95. The molecule has 3 N–H and O–H groups in total. The lowest BCUT2D eigenvalue weighted by molar-refractivity contribution is -0.141. The lowest BCUT2D eigenvalue weighted by atomic mass is 9.76. The number of rotatable bonds is 8. The number of fused-ring (bicyclic) bond motifs is 1. The number of benzene rings is 1. The standard InChI is InChI=1S/C28H34F3N7O/c1-16(39)14-32-17(2)24-26-21(13-22(34-24)28(29,30)31)25(35-36-26)20-11-7-10-19(12-20)23(18-8-5-4-6-9-18)27-37-33-15-38(27)3/h7,10-13,15-18,23,32,39H,4-6,8-9,14H2,1-3H3,(H,35,36)/t16-,17-,23+/m0/s1. The van der Waals surface area contributed by atoms with E-state index in [0.717, 1.165) is 35.9 Å². The predicted molar refractivity (Wildman–Crippen MR) is 142 cm³/mol. The van der Waals surface area contributed by atoms with E-state index in [4.69, 9.17) is 0 Å². The Kier molecular flexibility index (Phi) is 7.73. The monoisotopic (exact) mass is 541 g/mol. The van der Waals surface area contributed by atoms with Gasteiger partial charge in [0.05, 0.1) is 17.3 Å². The third-order valence-electron chi connectivity index (χ3n) is 7.67. The second-order valence-electron chi connectivity index (χ2n) is 10.7. The zero-order chi connectivity index (χ0) is 27.7. The highest BCUT2D eigenvalue weighted by Gasteiger charge is 2.35. The number of hydrogen-bond donors (Lipinski definition) is 3. The number of halogens is 3. The summed E-state index contributed by atoms with van der Waals surface area (Å²) >= 11 is 0. The molecule has 39 heavy (non-hydrogen) atoms. The first-order chi connectivity index (χ1) is 18.6. The molecule has 1 aromatic carbocycles. The summed E-state index contributed by atoms with van der Waals surface area (Å²) in [5.41, 5.74) is 1.86. The maximum atomic E-state index is 13.9. The number of nitrogens with one attached hydrogen (secondary N) is 2. The number of aromatic nitrogens is 6. The molecule has 208 valence electrons. The zero-order valence-corrected chi connectivity index (χ0v) is 22.3. The van der Waals surface area contributed by atoms with E-state index in [1.807, 2.05) is 29.8 Å². The molecule has 0 radical (unpaired) electrons. The van der Waals surface area contributed by atoms with Crippen LogP contribution in [0, 0.1) is 5.92 Å². The van der Waals surface area contributed by atoms with Crippen LogP contribution >= 0.6 is 0 Å². The molecule has 0 spiro atoms. The van der Waals surface area contributed by atoms with Crippen LogP contribution in [0.3, 0.4) is 0 Å². The fourth-order valence-electron chi connectivity index (χ4n) is 5.72. The van der Waals surface area contributed by atoms with Gasteiger partial charge in [-0.05, 0) is 50.3 Å². The number of nitrogens with zero attached hydrogens (tertiary/aromatic N) is 5. The van der Waals surface area contributed by atoms with Crippen LogP contribution in [0.15, 0.2) is 36.7 Å². The average Bonchev–Trinajstić information content (AvgIpc) is 3.53. The van der Waals surface area contributed by atoms with Crippen LogP contribution in [0.1, 0.15) is 80.7 Å². The summed E-state index contributed by atoms with van der Waals surface area (Å²) in [7, 11) is 1.94. The Morgan fingerprint density at radius 1 is 1.15 bits per heavy atom. The Bertz CT molecular complexity index is 1420. The molecule has 5 rings (SSSR count). The van der Waals surface area contributed by atoms with E-state index < -0.39 is 24.0 Å². The van der Waals surface area contributed by atoms with Crippen molar-refractivity contribution in [3.8, 4) is 11.3 Å². The van der Waals surface area contributed by atoms with Crippen molar-refractivity contribution in [2.24, 2.45) is 13.0 Å². The highest BCUT2D eigenvalue weighted by atomic mass is 19.4. The molecule has 3 atom stereocenters. The van der Waals surface area contributed by atoms with Crippen LogP contribution in [-0.2, 0) is 13.2 Å². The minimum atomic E-state index is -4.62. The molecule has 1 saturated carbocycles. The van der Waals surface area contributed by atoms with Gasteiger partial charge in [0.2, 0.25) is 0 Å². The van der Waals surface area contributed by atoms with Gasteiger partial charge in [0.25, 0.3) is 0 Å². The van der Waals surface area contributed by atoms with Gasteiger partial charge in [0.15, 0.2) is 0 Å². The van der Waals surface area contributed by atoms with Crippen LogP contribution in [0.4, 0.5) is 13.2 Å². The quantitative estimate of drug-likeness (QED) is 0.272. The Balaban J connectivity index is 1.61. The fraction of sp³-hybridized carbons (Fsp3) is 0.500. The normalized spacial score (nSPS) is 17.4. The molecule has 1 aliphatic carbocycles. The zero-order valence-electron chi connectivity index (χ0n) is 22.3. The summed E-state index contributed by atoms with van der Waals surface area (Å²) in [6.45, 7) is 3.55. The van der Waals surface area contributed by atoms with Crippen molar-refractivity contribution in [1.29, 1.82) is 0 Å². The smallest absolute Gasteiger partial charge is 0.392 e. The van der Waals surface area contributed by atoms with Gasteiger partial charge in [0.1, 0.15) is 23.5 Å². The van der Waals surface area contributed by atoms with Crippen molar-refractivity contribution >= 4 is 10.9 Å². The third kappa shape index (κ3) is 5.69. The Morgan fingerprint density at radius 2 is 1.92 bits per heavy atom. The SMILES string of the molecule is C[C@H](O)CN[C@@H](C)c1nc(C(F)(F)F)cc2c(-c3cccc([C@H](c4nncn4C)C4CCCCC4)c3)n[nH]c12. The van der Waals surface area contributed by atoms with E-state index in [2.05, 4.69) is 36.8 Å². The molecule has 8 nitrogen and oxygen atoms in total. The van der Waals surface area contributed by atoms with Crippen LogP contribution < -0.4 is 5.32 Å². The largest absolute Gasteiger partial charge is 0.433 e. The Morgan fingerprint density at radius 3 is 2.59 bits per heavy atom. The molecule has 11 heteroatoms. The third-order valence-corrected chi connectivity index (χ3v) is 7.67. The summed E-state index contributed by atoms with van der Waals surface area (Å²) in [6, 6.07) is 8.39. The molecule has 0 amide bonds. The number of alkyl halides is 3. The lowest BCUT2D eigenvalue weighted by Crippen LogP contribution is -2.28. The molecular weight excluding hydrogens is 507 g/mol. The minimum Gasteiger partial charge on any atom is -0.392 e. The van der Waals surface area contributed by atoms with Crippen LogP contribution in [-0.4, -0.2) is 47.7 Å². The van der Waals surface area contributed by atoms with Crippen molar-refractivity contribution in [3.05, 3.63) is 59.4 Å². The van der Waals surface area contributed by atoms with Gasteiger partial charge in [-0.2, -0.15) is 18.3 Å². The van der Waals surface area contributed by atoms with Crippen LogP contribution in [0.5, 0.6) is 0 Å². The molecule has 1 aliphatic rings. The highest BCUT2D eigenvalue weighted by molar-refractivity contribution is 5.94. The van der Waals surface area contributed by atoms with Crippen molar-refractivity contribution in [2.45, 2.75) is 70.2 Å². The van der Waals surface area contributed by atoms with Crippen LogP contribution in [0.2, 0.25) is 0 Å². The second kappa shape index (κ2) is 11.1. The number of pyridine rings is 1. The van der Waals surface area contributed by atoms with Crippen LogP contribution in [0.25, 0.3) is 22.2 Å². The molecule has 0 aliphatic heterocycles. The van der Waals surface area contributed by atoms with Gasteiger partial charge < -0.3 is 15.0 Å². The lowest BCUT2D eigenvalue weighted by Gasteiger charge is -2.30. The van der Waals surface area contributed by atoms with Crippen molar-refractivity contribution < 1.29 is 18.3 Å². The van der Waals surface area contributed by atoms with Gasteiger partial charge >= 0.3 is 6.18 Å². The number of hydrogen-bond acceptors (Lipinski definition) is 6. The molecular formula is C28H34F3N7O. The summed E-state index contributed by atoms with van der Waals surface area (Å²) in [6.07, 6.45) is 2.17. The first-order valence-corrected chi connectivity index (χ1v) is 13.5. The van der Waals surface area contributed by atoms with Crippen molar-refractivity contribution in [3.63, 3.8) is 0 Å². The summed E-state index contributed by atoms with van der Waals surface area (Å²) in [5.74, 6) is 1.31. The van der Waals surface area contributed by atoms with Gasteiger partial charge in [-0.15, -0.1) is 10.2 Å². The van der Waals surface area contributed by atoms with E-state index in [9.17, 15) is 18.3 Å². The topological polar surface area (TPSA) is 105 Å². The van der Waals surface area contributed by atoms with Crippen molar-refractivity contribution in [1.82, 2.24) is 35.3 Å². The van der Waals surface area contributed by atoms with Crippen molar-refractivity contribution in [2.75, 3.05) is 6.54 Å². The van der Waals surface area contributed by atoms with E-state index >= 15 is 0 Å². The minimum absolute atomic E-state index is 0.0237. The average molecular weight is 542 g/mol. The van der Waals surface area contributed by atoms with Gasteiger partial charge in [-0.1, -0.05) is 37.5 Å². The summed E-state index contributed by atoms with van der Waals surface area (Å²) < 4.78 is 43.7.